The Bertz CT molecular complexity index is 1340. The summed E-state index contributed by atoms with van der Waals surface area (Å²) in [5.41, 5.74) is 2.61. The molecule has 32 heavy (non-hydrogen) atoms. The second-order valence-corrected chi connectivity index (χ2v) is 9.86. The van der Waals surface area contributed by atoms with E-state index in [1.54, 1.807) is 54.6 Å². The minimum Gasteiger partial charge on any atom is -0.326 e. The highest BCUT2D eigenvalue weighted by atomic mass is 32.2. The maximum absolute atomic E-state index is 12.8. The maximum Gasteiger partial charge on any atom is 0.224 e. The molecule has 0 atom stereocenters. The number of ketones is 2. The number of rotatable bonds is 6. The zero-order valence-corrected chi connectivity index (χ0v) is 18.2. The predicted molar refractivity (Wildman–Crippen MR) is 121 cm³/mol. The van der Waals surface area contributed by atoms with Crippen LogP contribution in [0.4, 0.5) is 5.69 Å². The average molecular weight is 448 g/mol. The van der Waals surface area contributed by atoms with Gasteiger partial charge < -0.3 is 5.32 Å². The van der Waals surface area contributed by atoms with E-state index in [0.717, 1.165) is 5.56 Å². The van der Waals surface area contributed by atoms with E-state index < -0.39 is 9.84 Å². The van der Waals surface area contributed by atoms with Gasteiger partial charge in [-0.2, -0.15) is 0 Å². The summed E-state index contributed by atoms with van der Waals surface area (Å²) < 4.78 is 24.8. The molecule has 3 aromatic carbocycles. The van der Waals surface area contributed by atoms with Crippen LogP contribution < -0.4 is 5.32 Å². The standard InChI is InChI=1S/C25H21NO5S/c1-16-8-11-18(12-9-16)32(30,31)14-4-7-23(27)26-17-10-13-21-22(15-17)25(29)20-6-3-2-5-19(20)24(21)28/h2-3,5-6,8-13,15H,4,7,14H2,1H3,(H,26,27). The number of benzene rings is 3. The summed E-state index contributed by atoms with van der Waals surface area (Å²) in [6, 6.07) is 17.8. The third-order valence-corrected chi connectivity index (χ3v) is 7.22. The highest BCUT2D eigenvalue weighted by Crippen LogP contribution is 2.29. The van der Waals surface area contributed by atoms with Crippen LogP contribution in [0.5, 0.6) is 0 Å². The first kappa shape index (κ1) is 21.6. The van der Waals surface area contributed by atoms with Crippen LogP contribution in [0.1, 0.15) is 50.2 Å². The molecule has 0 saturated carbocycles. The second-order valence-electron chi connectivity index (χ2n) is 7.75. The molecule has 0 saturated heterocycles. The number of anilines is 1. The number of carbonyl (C=O) groups is 3. The first-order valence-corrected chi connectivity index (χ1v) is 11.8. The lowest BCUT2D eigenvalue weighted by Crippen LogP contribution is -2.21. The van der Waals surface area contributed by atoms with Crippen molar-refractivity contribution in [3.63, 3.8) is 0 Å². The van der Waals surface area contributed by atoms with Crippen LogP contribution in [0.25, 0.3) is 0 Å². The lowest BCUT2D eigenvalue weighted by atomic mass is 9.84. The SMILES string of the molecule is Cc1ccc(S(=O)(=O)CCCC(=O)Nc2ccc3c(c2)C(=O)c2ccccc2C3=O)cc1. The van der Waals surface area contributed by atoms with Gasteiger partial charge in [-0.1, -0.05) is 42.0 Å². The molecule has 0 aromatic heterocycles. The minimum absolute atomic E-state index is 0.0118. The van der Waals surface area contributed by atoms with Crippen molar-refractivity contribution in [2.24, 2.45) is 0 Å². The van der Waals surface area contributed by atoms with Gasteiger partial charge in [-0.05, 0) is 43.7 Å². The lowest BCUT2D eigenvalue weighted by Gasteiger charge is -2.18. The number of fused-ring (bicyclic) bond motifs is 2. The van der Waals surface area contributed by atoms with Crippen molar-refractivity contribution < 1.29 is 22.8 Å². The zero-order valence-electron chi connectivity index (χ0n) is 17.4. The van der Waals surface area contributed by atoms with Gasteiger partial charge in [-0.25, -0.2) is 8.42 Å². The van der Waals surface area contributed by atoms with Crippen LogP contribution >= 0.6 is 0 Å². The predicted octanol–water partition coefficient (Wildman–Crippen LogP) is 3.96. The molecule has 1 amide bonds. The summed E-state index contributed by atoms with van der Waals surface area (Å²) in [5, 5.41) is 2.69. The van der Waals surface area contributed by atoms with Crippen molar-refractivity contribution in [3.05, 3.63) is 94.5 Å². The fourth-order valence-electron chi connectivity index (χ4n) is 3.69. The van der Waals surface area contributed by atoms with Crippen molar-refractivity contribution >= 4 is 33.0 Å². The van der Waals surface area contributed by atoms with Gasteiger partial charge in [0.15, 0.2) is 21.4 Å². The molecular formula is C25H21NO5S. The van der Waals surface area contributed by atoms with Crippen LogP contribution in [-0.2, 0) is 14.6 Å². The maximum atomic E-state index is 12.8. The number of sulfone groups is 1. The van der Waals surface area contributed by atoms with Gasteiger partial charge in [0, 0.05) is 34.4 Å². The second kappa shape index (κ2) is 8.51. The monoisotopic (exact) mass is 447 g/mol. The zero-order chi connectivity index (χ0) is 22.9. The van der Waals surface area contributed by atoms with Crippen LogP contribution in [0.3, 0.4) is 0 Å². The van der Waals surface area contributed by atoms with Gasteiger partial charge in [-0.3, -0.25) is 14.4 Å². The molecule has 0 bridgehead atoms. The Morgan fingerprint density at radius 3 is 2.06 bits per heavy atom. The molecule has 4 rings (SSSR count). The molecule has 3 aromatic rings. The number of carbonyl (C=O) groups excluding carboxylic acids is 3. The van der Waals surface area contributed by atoms with E-state index in [-0.39, 0.29) is 46.5 Å². The Morgan fingerprint density at radius 1 is 0.812 bits per heavy atom. The molecular weight excluding hydrogens is 426 g/mol. The summed E-state index contributed by atoms with van der Waals surface area (Å²) in [6.07, 6.45) is 0.176. The average Bonchev–Trinajstić information content (AvgIpc) is 2.77. The number of nitrogens with one attached hydrogen (secondary N) is 1. The topological polar surface area (TPSA) is 97.4 Å². The van der Waals surface area contributed by atoms with E-state index in [1.165, 1.54) is 12.1 Å². The van der Waals surface area contributed by atoms with Crippen LogP contribution in [-0.4, -0.2) is 31.6 Å². The van der Waals surface area contributed by atoms with Gasteiger partial charge in [0.1, 0.15) is 0 Å². The summed E-state index contributed by atoms with van der Waals surface area (Å²) in [7, 11) is -3.46. The highest BCUT2D eigenvalue weighted by Gasteiger charge is 2.29. The molecule has 0 heterocycles. The molecule has 0 fully saturated rings. The molecule has 0 radical (unpaired) electrons. The molecule has 7 heteroatoms. The smallest absolute Gasteiger partial charge is 0.224 e. The Morgan fingerprint density at radius 2 is 1.41 bits per heavy atom. The van der Waals surface area contributed by atoms with E-state index in [9.17, 15) is 22.8 Å². The molecule has 0 unspecified atom stereocenters. The number of hydrogen-bond acceptors (Lipinski definition) is 5. The summed E-state index contributed by atoms with van der Waals surface area (Å²) in [6.45, 7) is 1.88. The molecule has 6 nitrogen and oxygen atoms in total. The van der Waals surface area contributed by atoms with Gasteiger partial charge >= 0.3 is 0 Å². The van der Waals surface area contributed by atoms with E-state index >= 15 is 0 Å². The first-order chi connectivity index (χ1) is 15.3. The Balaban J connectivity index is 1.41. The normalized spacial score (nSPS) is 12.8. The fraction of sp³-hybridized carbons (Fsp3) is 0.160. The van der Waals surface area contributed by atoms with Crippen molar-refractivity contribution in [1.29, 1.82) is 0 Å². The Kier molecular flexibility index (Phi) is 5.76. The Labute approximate surface area is 186 Å². The first-order valence-electron chi connectivity index (χ1n) is 10.2. The van der Waals surface area contributed by atoms with Crippen LogP contribution in [0.2, 0.25) is 0 Å². The van der Waals surface area contributed by atoms with Crippen LogP contribution in [0, 0.1) is 6.92 Å². The third-order valence-electron chi connectivity index (χ3n) is 5.41. The summed E-state index contributed by atoms with van der Waals surface area (Å²) in [4.78, 5) is 38.0. The van der Waals surface area contributed by atoms with Gasteiger partial charge in [-0.15, -0.1) is 0 Å². The van der Waals surface area contributed by atoms with Crippen molar-refractivity contribution in [3.8, 4) is 0 Å². The molecule has 162 valence electrons. The summed E-state index contributed by atoms with van der Waals surface area (Å²) in [5.74, 6) is -0.999. The Hall–Kier alpha value is -3.58. The molecule has 1 aliphatic rings. The summed E-state index contributed by atoms with van der Waals surface area (Å²) >= 11 is 0. The van der Waals surface area contributed by atoms with Gasteiger partial charge in [0.2, 0.25) is 5.91 Å². The molecule has 0 aliphatic heterocycles. The van der Waals surface area contributed by atoms with Crippen molar-refractivity contribution in [2.75, 3.05) is 11.1 Å². The van der Waals surface area contributed by atoms with Crippen molar-refractivity contribution in [1.82, 2.24) is 0 Å². The molecule has 1 N–H and O–H groups in total. The minimum atomic E-state index is -3.46. The van der Waals surface area contributed by atoms with E-state index in [4.69, 9.17) is 0 Å². The molecule has 1 aliphatic carbocycles. The lowest BCUT2D eigenvalue weighted by molar-refractivity contribution is -0.116. The molecule has 0 spiro atoms. The number of amides is 1. The number of hydrogen-bond donors (Lipinski definition) is 1. The van der Waals surface area contributed by atoms with Crippen molar-refractivity contribution in [2.45, 2.75) is 24.7 Å². The van der Waals surface area contributed by atoms with E-state index in [1.807, 2.05) is 6.92 Å². The largest absolute Gasteiger partial charge is 0.326 e. The van der Waals surface area contributed by atoms with Gasteiger partial charge in [0.05, 0.1) is 10.6 Å². The highest BCUT2D eigenvalue weighted by molar-refractivity contribution is 7.91. The van der Waals surface area contributed by atoms with E-state index in [2.05, 4.69) is 5.32 Å². The quantitative estimate of drug-likeness (QED) is 0.482. The fourth-order valence-corrected chi connectivity index (χ4v) is 5.00. The van der Waals surface area contributed by atoms with E-state index in [0.29, 0.717) is 22.4 Å². The van der Waals surface area contributed by atoms with Crippen LogP contribution in [0.15, 0.2) is 71.6 Å². The third kappa shape index (κ3) is 4.24. The number of aryl methyl sites for hydroxylation is 1. The van der Waals surface area contributed by atoms with Gasteiger partial charge in [0.25, 0.3) is 0 Å².